The smallest absolute Gasteiger partial charge is 0.0536 e. The van der Waals surface area contributed by atoms with Gasteiger partial charge in [0.25, 0.3) is 0 Å². The molecule has 1 saturated heterocycles. The summed E-state index contributed by atoms with van der Waals surface area (Å²) in [5.74, 6) is 0.712. The van der Waals surface area contributed by atoms with Crippen molar-refractivity contribution in [1.29, 1.82) is 0 Å². The Bertz CT molecular complexity index is 307. The van der Waals surface area contributed by atoms with Gasteiger partial charge in [-0.3, -0.25) is 4.68 Å². The van der Waals surface area contributed by atoms with Gasteiger partial charge < -0.3 is 10.6 Å². The first-order valence-electron chi connectivity index (χ1n) is 5.69. The molecule has 1 atom stereocenters. The highest BCUT2D eigenvalue weighted by Crippen LogP contribution is 2.14. The van der Waals surface area contributed by atoms with Crippen LogP contribution in [0.15, 0.2) is 12.4 Å². The van der Waals surface area contributed by atoms with Crippen LogP contribution in [-0.4, -0.2) is 40.9 Å². The molecule has 0 aromatic carbocycles. The van der Waals surface area contributed by atoms with Gasteiger partial charge in [0.05, 0.1) is 12.7 Å². The van der Waals surface area contributed by atoms with Gasteiger partial charge in [0.2, 0.25) is 0 Å². The van der Waals surface area contributed by atoms with E-state index in [1.165, 1.54) is 18.5 Å². The lowest BCUT2D eigenvalue weighted by Gasteiger charge is -2.15. The van der Waals surface area contributed by atoms with Crippen LogP contribution < -0.4 is 5.73 Å². The van der Waals surface area contributed by atoms with E-state index in [1.54, 1.807) is 0 Å². The lowest BCUT2D eigenvalue weighted by molar-refractivity contribution is 0.304. The van der Waals surface area contributed by atoms with Crippen molar-refractivity contribution in [3.05, 3.63) is 18.0 Å². The molecular weight excluding hydrogens is 188 g/mol. The zero-order valence-corrected chi connectivity index (χ0v) is 9.39. The van der Waals surface area contributed by atoms with E-state index in [-0.39, 0.29) is 0 Å². The highest BCUT2D eigenvalue weighted by molar-refractivity contribution is 4.99. The minimum absolute atomic E-state index is 0.712. The molecular formula is C11H20N4. The van der Waals surface area contributed by atoms with Crippen LogP contribution in [0, 0.1) is 12.8 Å². The van der Waals surface area contributed by atoms with Crippen molar-refractivity contribution < 1.29 is 0 Å². The molecule has 2 N–H and O–H groups in total. The first-order chi connectivity index (χ1) is 7.28. The monoisotopic (exact) mass is 208 g/mol. The Morgan fingerprint density at radius 2 is 2.40 bits per heavy atom. The molecule has 4 nitrogen and oxygen atoms in total. The van der Waals surface area contributed by atoms with Crippen molar-refractivity contribution in [2.24, 2.45) is 11.7 Å². The molecule has 0 saturated carbocycles. The fourth-order valence-electron chi connectivity index (χ4n) is 2.14. The van der Waals surface area contributed by atoms with E-state index in [0.717, 1.165) is 26.2 Å². The van der Waals surface area contributed by atoms with Crippen molar-refractivity contribution >= 4 is 0 Å². The van der Waals surface area contributed by atoms with Crippen LogP contribution in [0.1, 0.15) is 12.0 Å². The van der Waals surface area contributed by atoms with E-state index in [9.17, 15) is 0 Å². The zero-order chi connectivity index (χ0) is 10.7. The summed E-state index contributed by atoms with van der Waals surface area (Å²) in [5, 5.41) is 4.28. The Kier molecular flexibility index (Phi) is 3.38. The fraction of sp³-hybridized carbons (Fsp3) is 0.727. The minimum Gasteiger partial charge on any atom is -0.330 e. The molecule has 0 aliphatic carbocycles. The molecule has 2 heterocycles. The van der Waals surface area contributed by atoms with Gasteiger partial charge in [0.15, 0.2) is 0 Å². The molecule has 1 aromatic heterocycles. The summed E-state index contributed by atoms with van der Waals surface area (Å²) in [6, 6.07) is 0. The fourth-order valence-corrected chi connectivity index (χ4v) is 2.14. The first-order valence-corrected chi connectivity index (χ1v) is 5.69. The average Bonchev–Trinajstić information content (AvgIpc) is 2.83. The number of hydrogen-bond acceptors (Lipinski definition) is 3. The number of rotatable bonds is 4. The molecule has 0 amide bonds. The number of nitrogens with two attached hydrogens (primary N) is 1. The summed E-state index contributed by atoms with van der Waals surface area (Å²) in [6.07, 6.45) is 5.26. The standard InChI is InChI=1S/C11H20N4/c1-10-7-13-15(8-10)5-4-14-3-2-11(6-12)9-14/h7-8,11H,2-6,9,12H2,1H3. The average molecular weight is 208 g/mol. The van der Waals surface area contributed by atoms with Crippen molar-refractivity contribution in [1.82, 2.24) is 14.7 Å². The number of aryl methyl sites for hydroxylation is 1. The predicted molar refractivity (Wildman–Crippen MR) is 60.6 cm³/mol. The molecule has 0 spiro atoms. The molecule has 1 unspecified atom stereocenters. The normalized spacial score (nSPS) is 22.4. The second kappa shape index (κ2) is 4.77. The summed E-state index contributed by atoms with van der Waals surface area (Å²) >= 11 is 0. The van der Waals surface area contributed by atoms with E-state index in [2.05, 4.69) is 23.1 Å². The second-order valence-corrected chi connectivity index (χ2v) is 4.47. The summed E-state index contributed by atoms with van der Waals surface area (Å²) in [4.78, 5) is 2.48. The third-order valence-corrected chi connectivity index (χ3v) is 3.11. The van der Waals surface area contributed by atoms with Crippen LogP contribution >= 0.6 is 0 Å². The molecule has 84 valence electrons. The van der Waals surface area contributed by atoms with Gasteiger partial charge in [-0.05, 0) is 37.9 Å². The number of nitrogens with zero attached hydrogens (tertiary/aromatic N) is 3. The number of likely N-dealkylation sites (tertiary alicyclic amines) is 1. The molecule has 0 bridgehead atoms. The molecule has 4 heteroatoms. The highest BCUT2D eigenvalue weighted by atomic mass is 15.3. The predicted octanol–water partition coefficient (Wildman–Crippen LogP) is 0.472. The van der Waals surface area contributed by atoms with E-state index in [1.807, 2.05) is 10.9 Å². The Hall–Kier alpha value is -0.870. The van der Waals surface area contributed by atoms with Crippen LogP contribution in [-0.2, 0) is 6.54 Å². The van der Waals surface area contributed by atoms with Gasteiger partial charge in [0.1, 0.15) is 0 Å². The van der Waals surface area contributed by atoms with Crippen molar-refractivity contribution in [3.63, 3.8) is 0 Å². The maximum absolute atomic E-state index is 5.66. The SMILES string of the molecule is Cc1cnn(CCN2CCC(CN)C2)c1. The first kappa shape index (κ1) is 10.6. The van der Waals surface area contributed by atoms with Gasteiger partial charge in [0, 0.05) is 19.3 Å². The largest absolute Gasteiger partial charge is 0.330 e. The van der Waals surface area contributed by atoms with Crippen LogP contribution in [0.5, 0.6) is 0 Å². The summed E-state index contributed by atoms with van der Waals surface area (Å²) in [5.41, 5.74) is 6.90. The third-order valence-electron chi connectivity index (χ3n) is 3.11. The summed E-state index contributed by atoms with van der Waals surface area (Å²) in [6.45, 7) is 7.35. The highest BCUT2D eigenvalue weighted by Gasteiger charge is 2.20. The number of hydrogen-bond donors (Lipinski definition) is 1. The molecule has 1 fully saturated rings. The third kappa shape index (κ3) is 2.79. The maximum Gasteiger partial charge on any atom is 0.0536 e. The Morgan fingerprint density at radius 1 is 1.53 bits per heavy atom. The lowest BCUT2D eigenvalue weighted by atomic mass is 10.1. The van der Waals surface area contributed by atoms with Crippen LogP contribution in [0.4, 0.5) is 0 Å². The van der Waals surface area contributed by atoms with Crippen molar-refractivity contribution in [2.75, 3.05) is 26.2 Å². The van der Waals surface area contributed by atoms with Gasteiger partial charge in [-0.25, -0.2) is 0 Å². The number of aromatic nitrogens is 2. The maximum atomic E-state index is 5.66. The molecule has 0 radical (unpaired) electrons. The van der Waals surface area contributed by atoms with Gasteiger partial charge in [-0.1, -0.05) is 0 Å². The van der Waals surface area contributed by atoms with E-state index in [0.29, 0.717) is 5.92 Å². The Labute approximate surface area is 91.1 Å². The van der Waals surface area contributed by atoms with E-state index < -0.39 is 0 Å². The topological polar surface area (TPSA) is 47.1 Å². The second-order valence-electron chi connectivity index (χ2n) is 4.47. The van der Waals surface area contributed by atoms with Crippen LogP contribution in [0.2, 0.25) is 0 Å². The molecule has 1 aliphatic heterocycles. The summed E-state index contributed by atoms with van der Waals surface area (Å²) < 4.78 is 2.02. The van der Waals surface area contributed by atoms with Crippen molar-refractivity contribution in [3.8, 4) is 0 Å². The molecule has 15 heavy (non-hydrogen) atoms. The zero-order valence-electron chi connectivity index (χ0n) is 9.39. The van der Waals surface area contributed by atoms with E-state index >= 15 is 0 Å². The summed E-state index contributed by atoms with van der Waals surface area (Å²) in [7, 11) is 0. The van der Waals surface area contributed by atoms with Crippen LogP contribution in [0.3, 0.4) is 0 Å². The van der Waals surface area contributed by atoms with Gasteiger partial charge in [-0.15, -0.1) is 0 Å². The Morgan fingerprint density at radius 3 is 3.00 bits per heavy atom. The molecule has 1 aliphatic rings. The molecule has 1 aromatic rings. The quantitative estimate of drug-likeness (QED) is 0.782. The van der Waals surface area contributed by atoms with E-state index in [4.69, 9.17) is 5.73 Å². The molecule has 2 rings (SSSR count). The van der Waals surface area contributed by atoms with Gasteiger partial charge >= 0.3 is 0 Å². The minimum atomic E-state index is 0.712. The van der Waals surface area contributed by atoms with Gasteiger partial charge in [-0.2, -0.15) is 5.10 Å². The Balaban J connectivity index is 1.75. The van der Waals surface area contributed by atoms with Crippen molar-refractivity contribution in [2.45, 2.75) is 19.9 Å². The van der Waals surface area contributed by atoms with Crippen LogP contribution in [0.25, 0.3) is 0 Å². The lowest BCUT2D eigenvalue weighted by Crippen LogP contribution is -2.26.